The minimum atomic E-state index is 0.719. The number of rotatable bonds is 4. The first-order valence-corrected chi connectivity index (χ1v) is 6.66. The maximum atomic E-state index is 5.14. The zero-order chi connectivity index (χ0) is 13.0. The first-order chi connectivity index (χ1) is 8.74. The Kier molecular flexibility index (Phi) is 4.54. The molecule has 0 aromatic carbocycles. The van der Waals surface area contributed by atoms with E-state index in [1.54, 1.807) is 13.3 Å². The molecular weight excluding hydrogens is 296 g/mol. The maximum absolute atomic E-state index is 5.14. The van der Waals surface area contributed by atoms with Crippen LogP contribution in [0.15, 0.2) is 22.3 Å². The maximum Gasteiger partial charge on any atom is 0.227 e. The summed E-state index contributed by atoms with van der Waals surface area (Å²) < 4.78 is 6.02. The highest BCUT2D eigenvalue weighted by molar-refractivity contribution is 9.10. The quantitative estimate of drug-likeness (QED) is 0.863. The number of anilines is 2. The molecule has 1 aromatic rings. The van der Waals surface area contributed by atoms with Gasteiger partial charge in [-0.05, 0) is 27.9 Å². The van der Waals surface area contributed by atoms with Crippen LogP contribution >= 0.6 is 15.9 Å². The van der Waals surface area contributed by atoms with Gasteiger partial charge in [-0.25, -0.2) is 4.98 Å². The van der Waals surface area contributed by atoms with Gasteiger partial charge >= 0.3 is 0 Å². The van der Waals surface area contributed by atoms with Crippen LogP contribution < -0.4 is 10.2 Å². The summed E-state index contributed by atoms with van der Waals surface area (Å²) in [6.45, 7) is 2.49. The summed E-state index contributed by atoms with van der Waals surface area (Å²) in [5.41, 5.74) is 1.35. The highest BCUT2D eigenvalue weighted by Crippen LogP contribution is 2.22. The van der Waals surface area contributed by atoms with Gasteiger partial charge in [0.2, 0.25) is 5.95 Å². The first-order valence-electron chi connectivity index (χ1n) is 5.86. The van der Waals surface area contributed by atoms with Crippen molar-refractivity contribution in [3.05, 3.63) is 22.3 Å². The Morgan fingerprint density at radius 1 is 1.56 bits per heavy atom. The van der Waals surface area contributed by atoms with Crippen LogP contribution in [-0.2, 0) is 4.74 Å². The van der Waals surface area contributed by atoms with Crippen molar-refractivity contribution >= 4 is 27.7 Å². The number of nitrogens with one attached hydrogen (secondary N) is 1. The molecule has 98 valence electrons. The summed E-state index contributed by atoms with van der Waals surface area (Å²) in [7, 11) is 3.58. The van der Waals surface area contributed by atoms with Crippen molar-refractivity contribution in [3.63, 3.8) is 0 Å². The van der Waals surface area contributed by atoms with Crippen LogP contribution in [0.25, 0.3) is 0 Å². The molecule has 1 aromatic heterocycles. The van der Waals surface area contributed by atoms with Crippen LogP contribution in [0.1, 0.15) is 6.42 Å². The summed E-state index contributed by atoms with van der Waals surface area (Å²) in [5, 5.41) is 3.04. The van der Waals surface area contributed by atoms with Gasteiger partial charge in [0.05, 0.1) is 11.1 Å². The number of ether oxygens (including phenoxy) is 1. The van der Waals surface area contributed by atoms with Crippen molar-refractivity contribution in [2.75, 3.05) is 44.1 Å². The molecule has 0 radical (unpaired) electrons. The van der Waals surface area contributed by atoms with Gasteiger partial charge in [0, 0.05) is 33.4 Å². The van der Waals surface area contributed by atoms with E-state index >= 15 is 0 Å². The topological polar surface area (TPSA) is 50.3 Å². The predicted octanol–water partition coefficient (Wildman–Crippen LogP) is 2.06. The normalized spacial score (nSPS) is 15.5. The molecule has 0 unspecified atom stereocenters. The van der Waals surface area contributed by atoms with E-state index in [9.17, 15) is 0 Å². The molecule has 0 amide bonds. The van der Waals surface area contributed by atoms with Gasteiger partial charge in [0.15, 0.2) is 0 Å². The van der Waals surface area contributed by atoms with Gasteiger partial charge in [0.1, 0.15) is 5.82 Å². The molecule has 0 bridgehead atoms. The molecule has 0 spiro atoms. The highest BCUT2D eigenvalue weighted by Gasteiger charge is 2.15. The number of aromatic nitrogens is 2. The first kappa shape index (κ1) is 13.3. The molecule has 0 atom stereocenters. The van der Waals surface area contributed by atoms with Gasteiger partial charge in [-0.2, -0.15) is 4.98 Å². The second-order valence-corrected chi connectivity index (χ2v) is 4.96. The molecular formula is C12H17BrN4O. The predicted molar refractivity (Wildman–Crippen MR) is 76.1 cm³/mol. The Morgan fingerprint density at radius 3 is 3.00 bits per heavy atom. The zero-order valence-electron chi connectivity index (χ0n) is 10.6. The van der Waals surface area contributed by atoms with Crippen LogP contribution in [-0.4, -0.2) is 43.8 Å². The van der Waals surface area contributed by atoms with Gasteiger partial charge < -0.3 is 15.0 Å². The average molecular weight is 313 g/mol. The molecule has 0 fully saturated rings. The molecule has 1 aliphatic rings. The fourth-order valence-electron chi connectivity index (χ4n) is 1.89. The lowest BCUT2D eigenvalue weighted by Crippen LogP contribution is -2.31. The van der Waals surface area contributed by atoms with Crippen molar-refractivity contribution in [1.29, 1.82) is 0 Å². The third-order valence-corrected chi connectivity index (χ3v) is 3.46. The summed E-state index contributed by atoms with van der Waals surface area (Å²) in [4.78, 5) is 11.0. The van der Waals surface area contributed by atoms with Gasteiger partial charge in [-0.1, -0.05) is 6.08 Å². The summed E-state index contributed by atoms with van der Waals surface area (Å²) in [6.07, 6.45) is 4.97. The monoisotopic (exact) mass is 312 g/mol. The van der Waals surface area contributed by atoms with E-state index in [-0.39, 0.29) is 0 Å². The van der Waals surface area contributed by atoms with Crippen LogP contribution in [0.3, 0.4) is 0 Å². The SMILES string of the molecule is CNc1nc(N2CC=C(COC)CC2)ncc1Br. The molecule has 2 heterocycles. The molecule has 1 N–H and O–H groups in total. The minimum absolute atomic E-state index is 0.719. The Hall–Kier alpha value is -1.14. The number of nitrogens with zero attached hydrogens (tertiary/aromatic N) is 3. The van der Waals surface area contributed by atoms with E-state index in [1.807, 2.05) is 7.05 Å². The Bertz CT molecular complexity index is 450. The smallest absolute Gasteiger partial charge is 0.227 e. The highest BCUT2D eigenvalue weighted by atomic mass is 79.9. The summed E-state index contributed by atoms with van der Waals surface area (Å²) >= 11 is 3.41. The Labute approximate surface area is 115 Å². The fraction of sp³-hybridized carbons (Fsp3) is 0.500. The second kappa shape index (κ2) is 6.15. The van der Waals surface area contributed by atoms with Crippen molar-refractivity contribution in [2.45, 2.75) is 6.42 Å². The third-order valence-electron chi connectivity index (χ3n) is 2.88. The fourth-order valence-corrected chi connectivity index (χ4v) is 2.28. The molecule has 6 heteroatoms. The van der Waals surface area contributed by atoms with Crippen LogP contribution in [0.5, 0.6) is 0 Å². The zero-order valence-corrected chi connectivity index (χ0v) is 12.2. The number of hydrogen-bond acceptors (Lipinski definition) is 5. The second-order valence-electron chi connectivity index (χ2n) is 4.11. The molecule has 0 aliphatic carbocycles. The molecule has 5 nitrogen and oxygen atoms in total. The van der Waals surface area contributed by atoms with Gasteiger partial charge in [-0.15, -0.1) is 0 Å². The van der Waals surface area contributed by atoms with Crippen molar-refractivity contribution in [1.82, 2.24) is 9.97 Å². The summed E-state index contributed by atoms with van der Waals surface area (Å²) in [5.74, 6) is 1.57. The van der Waals surface area contributed by atoms with E-state index in [4.69, 9.17) is 4.74 Å². The Morgan fingerprint density at radius 2 is 2.39 bits per heavy atom. The van der Waals surface area contributed by atoms with E-state index in [0.717, 1.165) is 42.4 Å². The molecule has 18 heavy (non-hydrogen) atoms. The molecule has 0 saturated carbocycles. The number of hydrogen-bond donors (Lipinski definition) is 1. The molecule has 0 saturated heterocycles. The molecule has 1 aliphatic heterocycles. The summed E-state index contributed by atoms with van der Waals surface area (Å²) in [6, 6.07) is 0. The standard InChI is InChI=1S/C12H17BrN4O/c1-14-11-10(13)7-15-12(16-11)17-5-3-9(4-6-17)8-18-2/h3,7H,4-6,8H2,1-2H3,(H,14,15,16). The number of halogens is 1. The van der Waals surface area contributed by atoms with Crippen LogP contribution in [0, 0.1) is 0 Å². The van der Waals surface area contributed by atoms with E-state index in [0.29, 0.717) is 0 Å². The van der Waals surface area contributed by atoms with Crippen molar-refractivity contribution < 1.29 is 4.74 Å². The lowest BCUT2D eigenvalue weighted by molar-refractivity contribution is 0.222. The van der Waals surface area contributed by atoms with Crippen molar-refractivity contribution in [2.24, 2.45) is 0 Å². The van der Waals surface area contributed by atoms with E-state index in [2.05, 4.69) is 42.2 Å². The van der Waals surface area contributed by atoms with E-state index in [1.165, 1.54) is 5.57 Å². The number of methoxy groups -OCH3 is 1. The van der Waals surface area contributed by atoms with Gasteiger partial charge in [0.25, 0.3) is 0 Å². The lowest BCUT2D eigenvalue weighted by atomic mass is 10.1. The van der Waals surface area contributed by atoms with Crippen molar-refractivity contribution in [3.8, 4) is 0 Å². The van der Waals surface area contributed by atoms with Gasteiger partial charge in [-0.3, -0.25) is 0 Å². The van der Waals surface area contributed by atoms with E-state index < -0.39 is 0 Å². The average Bonchev–Trinajstić information content (AvgIpc) is 2.41. The largest absolute Gasteiger partial charge is 0.380 e. The van der Waals surface area contributed by atoms with Crippen LogP contribution in [0.4, 0.5) is 11.8 Å². The van der Waals surface area contributed by atoms with Crippen LogP contribution in [0.2, 0.25) is 0 Å². The minimum Gasteiger partial charge on any atom is -0.380 e. The third kappa shape index (κ3) is 3.00. The molecule has 2 rings (SSSR count). The lowest BCUT2D eigenvalue weighted by Gasteiger charge is -2.26. The Balaban J connectivity index is 2.10.